The van der Waals surface area contributed by atoms with Crippen LogP contribution in [0.3, 0.4) is 0 Å². The van der Waals surface area contributed by atoms with E-state index < -0.39 is 11.9 Å². The van der Waals surface area contributed by atoms with Gasteiger partial charge in [0.2, 0.25) is 5.88 Å². The number of rotatable bonds is 12. The summed E-state index contributed by atoms with van der Waals surface area (Å²) >= 11 is 0. The lowest BCUT2D eigenvalue weighted by Crippen LogP contribution is -2.52. The van der Waals surface area contributed by atoms with E-state index in [1.54, 1.807) is 6.07 Å². The van der Waals surface area contributed by atoms with Crippen molar-refractivity contribution >= 4 is 33.7 Å². The zero-order chi connectivity index (χ0) is 36.5. The summed E-state index contributed by atoms with van der Waals surface area (Å²) in [6.07, 6.45) is 9.17. The number of methoxy groups -OCH3 is 2. The number of aromatic nitrogens is 3. The number of nitrogens with zero attached hydrogens (tertiary/aromatic N) is 5. The third kappa shape index (κ3) is 7.31. The van der Waals surface area contributed by atoms with E-state index in [4.69, 9.17) is 23.7 Å². The highest BCUT2D eigenvalue weighted by Crippen LogP contribution is 2.35. The molecule has 3 aromatic heterocycles. The molecule has 1 aliphatic carbocycles. The Morgan fingerprint density at radius 2 is 1.62 bits per heavy atom. The molecule has 2 aromatic carbocycles. The van der Waals surface area contributed by atoms with Crippen LogP contribution in [0, 0.1) is 5.92 Å². The van der Waals surface area contributed by atoms with E-state index in [1.165, 1.54) is 48.2 Å². The van der Waals surface area contributed by atoms with Gasteiger partial charge in [0.05, 0.1) is 43.6 Å². The second kappa shape index (κ2) is 15.1. The number of fused-ring (bicyclic) bond motifs is 4. The lowest BCUT2D eigenvalue weighted by atomic mass is 9.81. The Bertz CT molecular complexity index is 2110. The van der Waals surface area contributed by atoms with E-state index in [2.05, 4.69) is 61.7 Å². The van der Waals surface area contributed by atoms with Gasteiger partial charge in [-0.25, -0.2) is 14.6 Å². The van der Waals surface area contributed by atoms with Gasteiger partial charge in [0.1, 0.15) is 18.5 Å². The van der Waals surface area contributed by atoms with Gasteiger partial charge in [-0.1, -0.05) is 12.1 Å². The standard InChI is InChI=1S/C41H45N5O7/c1-44-37-10-11-42-22-36(37)33-7-4-27(18-38(33)44)28-5-9-39(43-21-28)53-31-16-26(17-31)23-45-12-13-46-25-32(19-29(46)24-45)52-15-14-51-30-6-8-34(40(47)49-2)35(20-30)41(48)50-3/h4-11,18,20-22,26,29,31-32H,12-17,19,23-25H2,1-3H3/t26-,29-,31-,32+/m0/s1. The molecule has 0 unspecified atom stereocenters. The molecule has 2 saturated heterocycles. The molecule has 2 aliphatic heterocycles. The highest BCUT2D eigenvalue weighted by atomic mass is 16.5. The number of carbonyl (C=O) groups excluding carboxylic acids is 2. The summed E-state index contributed by atoms with van der Waals surface area (Å²) in [5, 5.41) is 2.37. The maximum Gasteiger partial charge on any atom is 0.338 e. The van der Waals surface area contributed by atoms with Crippen LogP contribution in [0.2, 0.25) is 0 Å². The van der Waals surface area contributed by atoms with Crippen LogP contribution in [0.5, 0.6) is 11.6 Å². The molecular weight excluding hydrogens is 674 g/mol. The number of pyridine rings is 2. The van der Waals surface area contributed by atoms with E-state index in [9.17, 15) is 9.59 Å². The minimum absolute atomic E-state index is 0.104. The first-order valence-electron chi connectivity index (χ1n) is 18.3. The lowest BCUT2D eigenvalue weighted by Gasteiger charge is -2.42. The minimum atomic E-state index is -0.626. The van der Waals surface area contributed by atoms with Gasteiger partial charge in [-0.3, -0.25) is 9.88 Å². The number of benzene rings is 2. The molecule has 276 valence electrons. The number of hydrogen-bond acceptors (Lipinski definition) is 11. The molecular formula is C41H45N5O7. The number of hydrogen-bond donors (Lipinski definition) is 0. The van der Waals surface area contributed by atoms with Gasteiger partial charge >= 0.3 is 11.9 Å². The molecule has 0 bridgehead atoms. The number of aryl methyl sites for hydroxylation is 1. The van der Waals surface area contributed by atoms with Gasteiger partial charge in [0.15, 0.2) is 0 Å². The summed E-state index contributed by atoms with van der Waals surface area (Å²) in [4.78, 5) is 38.4. The van der Waals surface area contributed by atoms with Crippen LogP contribution in [-0.4, -0.2) is 115 Å². The van der Waals surface area contributed by atoms with E-state index in [-0.39, 0.29) is 23.3 Å². The molecule has 0 N–H and O–H groups in total. The summed E-state index contributed by atoms with van der Waals surface area (Å²) in [7, 11) is 4.63. The molecule has 5 heterocycles. The van der Waals surface area contributed by atoms with E-state index >= 15 is 0 Å². The second-order valence-electron chi connectivity index (χ2n) is 14.3. The van der Waals surface area contributed by atoms with Crippen LogP contribution in [0.1, 0.15) is 40.0 Å². The molecule has 3 aliphatic rings. The number of ether oxygens (including phenoxy) is 5. The summed E-state index contributed by atoms with van der Waals surface area (Å²) in [6, 6.07) is 17.8. The molecule has 0 amide bonds. The molecule has 53 heavy (non-hydrogen) atoms. The summed E-state index contributed by atoms with van der Waals surface area (Å²) in [6.45, 7) is 5.98. The smallest absolute Gasteiger partial charge is 0.338 e. The normalized spacial score (nSPS) is 21.6. The summed E-state index contributed by atoms with van der Waals surface area (Å²) in [5.41, 5.74) is 4.79. The van der Waals surface area contributed by atoms with Gasteiger partial charge in [0, 0.05) is 92.3 Å². The fraction of sp³-hybridized carbons (Fsp3) is 0.415. The molecule has 0 radical (unpaired) electrons. The fourth-order valence-electron chi connectivity index (χ4n) is 8.21. The first kappa shape index (κ1) is 35.0. The first-order chi connectivity index (χ1) is 25.9. The highest BCUT2D eigenvalue weighted by Gasteiger charge is 2.39. The average molecular weight is 720 g/mol. The van der Waals surface area contributed by atoms with Crippen molar-refractivity contribution in [2.24, 2.45) is 13.0 Å². The van der Waals surface area contributed by atoms with Crippen molar-refractivity contribution in [3.05, 3.63) is 84.3 Å². The largest absolute Gasteiger partial charge is 0.491 e. The Labute approximate surface area is 308 Å². The van der Waals surface area contributed by atoms with E-state index in [0.717, 1.165) is 63.1 Å². The maximum absolute atomic E-state index is 12.2. The molecule has 2 atom stereocenters. The van der Waals surface area contributed by atoms with Gasteiger partial charge in [0.25, 0.3) is 0 Å². The van der Waals surface area contributed by atoms with Crippen molar-refractivity contribution in [3.8, 4) is 22.8 Å². The fourth-order valence-corrected chi connectivity index (χ4v) is 8.21. The Morgan fingerprint density at radius 3 is 2.43 bits per heavy atom. The van der Waals surface area contributed by atoms with Crippen molar-refractivity contribution < 1.29 is 33.3 Å². The monoisotopic (exact) mass is 719 g/mol. The zero-order valence-electron chi connectivity index (χ0n) is 30.4. The van der Waals surface area contributed by atoms with Crippen molar-refractivity contribution in [1.82, 2.24) is 24.3 Å². The van der Waals surface area contributed by atoms with Crippen molar-refractivity contribution in [2.45, 2.75) is 37.5 Å². The molecule has 5 aromatic rings. The summed E-state index contributed by atoms with van der Waals surface area (Å²) in [5.74, 6) is 0.554. The van der Waals surface area contributed by atoms with Crippen LogP contribution in [0.15, 0.2) is 73.2 Å². The predicted octanol–water partition coefficient (Wildman–Crippen LogP) is 5.37. The van der Waals surface area contributed by atoms with Crippen LogP contribution in [0.4, 0.5) is 0 Å². The summed E-state index contributed by atoms with van der Waals surface area (Å²) < 4.78 is 30.1. The SMILES string of the molecule is COC(=O)c1ccc(OCCO[C@@H]2C[C@H]3CN(C[C@H]4C[C@H](Oc5ccc(-c6ccc7c8cnccc8n(C)c7c6)cn5)C4)CCN3C2)cc1C(=O)OC. The maximum atomic E-state index is 12.2. The highest BCUT2D eigenvalue weighted by molar-refractivity contribution is 6.08. The van der Waals surface area contributed by atoms with Crippen molar-refractivity contribution in [2.75, 3.05) is 60.2 Å². The third-order valence-electron chi connectivity index (χ3n) is 11.0. The van der Waals surface area contributed by atoms with E-state index in [1.807, 2.05) is 24.7 Å². The zero-order valence-corrected chi connectivity index (χ0v) is 30.4. The molecule has 3 fully saturated rings. The third-order valence-corrected chi connectivity index (χ3v) is 11.0. The predicted molar refractivity (Wildman–Crippen MR) is 199 cm³/mol. The molecule has 12 heteroatoms. The molecule has 0 spiro atoms. The minimum Gasteiger partial charge on any atom is -0.491 e. The van der Waals surface area contributed by atoms with E-state index in [0.29, 0.717) is 36.8 Å². The average Bonchev–Trinajstić information content (AvgIpc) is 3.72. The number of esters is 2. The lowest BCUT2D eigenvalue weighted by molar-refractivity contribution is 0.0204. The van der Waals surface area contributed by atoms with Crippen LogP contribution >= 0.6 is 0 Å². The van der Waals surface area contributed by atoms with Crippen LogP contribution in [-0.2, 0) is 21.3 Å². The number of carbonyl (C=O) groups is 2. The Morgan fingerprint density at radius 1 is 0.792 bits per heavy atom. The van der Waals surface area contributed by atoms with Crippen LogP contribution in [0.25, 0.3) is 32.9 Å². The van der Waals surface area contributed by atoms with Gasteiger partial charge in [-0.2, -0.15) is 0 Å². The van der Waals surface area contributed by atoms with Gasteiger partial charge in [-0.15, -0.1) is 0 Å². The van der Waals surface area contributed by atoms with Gasteiger partial charge < -0.3 is 33.2 Å². The first-order valence-corrected chi connectivity index (χ1v) is 18.3. The van der Waals surface area contributed by atoms with Crippen LogP contribution < -0.4 is 9.47 Å². The number of piperazine rings is 1. The molecule has 12 nitrogen and oxygen atoms in total. The Balaban J connectivity index is 0.756. The van der Waals surface area contributed by atoms with Crippen molar-refractivity contribution in [3.63, 3.8) is 0 Å². The topological polar surface area (TPSA) is 117 Å². The molecule has 8 rings (SSSR count). The quantitative estimate of drug-likeness (QED) is 0.122. The van der Waals surface area contributed by atoms with Crippen molar-refractivity contribution in [1.29, 1.82) is 0 Å². The Kier molecular flexibility index (Phi) is 10.00. The van der Waals surface area contributed by atoms with Gasteiger partial charge in [-0.05, 0) is 67.1 Å². The molecule has 1 saturated carbocycles. The second-order valence-corrected chi connectivity index (χ2v) is 14.3. The Hall–Kier alpha value is -5.04.